The first-order valence-corrected chi connectivity index (χ1v) is 6.52. The summed E-state index contributed by atoms with van der Waals surface area (Å²) in [6.45, 7) is 3.67. The fraction of sp³-hybridized carbons (Fsp3) is 0.462. The highest BCUT2D eigenvalue weighted by Crippen LogP contribution is 2.43. The lowest BCUT2D eigenvalue weighted by atomic mass is 9.64. The van der Waals surface area contributed by atoms with E-state index < -0.39 is 23.2 Å². The van der Waals surface area contributed by atoms with Crippen LogP contribution in [0.4, 0.5) is 8.78 Å². The largest absolute Gasteiger partial charge is 0.486 e. The zero-order valence-corrected chi connectivity index (χ0v) is 11.7. The maximum atomic E-state index is 13.5. The number of Topliss-reactive ketones (excluding diaryl/α,β-unsaturated/α-hetero) is 1. The maximum absolute atomic E-state index is 13.5. The van der Waals surface area contributed by atoms with E-state index in [-0.39, 0.29) is 18.0 Å². The Morgan fingerprint density at radius 3 is 2.72 bits per heavy atom. The molecule has 0 radical (unpaired) electrons. The zero-order valence-electron chi connectivity index (χ0n) is 10.1. The molecule has 1 aromatic rings. The summed E-state index contributed by atoms with van der Waals surface area (Å²) in [6.07, 6.45) is 0.477. The van der Waals surface area contributed by atoms with E-state index in [1.54, 1.807) is 6.92 Å². The van der Waals surface area contributed by atoms with E-state index in [0.717, 1.165) is 6.07 Å². The molecule has 0 bridgehead atoms. The van der Waals surface area contributed by atoms with Crippen molar-refractivity contribution in [2.75, 3.05) is 0 Å². The predicted octanol–water partition coefficient (Wildman–Crippen LogP) is 3.86. The van der Waals surface area contributed by atoms with Crippen molar-refractivity contribution in [1.82, 2.24) is 0 Å². The molecule has 1 aliphatic carbocycles. The highest BCUT2D eigenvalue weighted by Gasteiger charge is 2.51. The molecule has 1 aromatic carbocycles. The number of halogens is 3. The number of carbonyl (C=O) groups excluding carboxylic acids is 1. The minimum atomic E-state index is -1.02. The summed E-state index contributed by atoms with van der Waals surface area (Å²) in [4.78, 5) is 11.5. The Bertz CT molecular complexity index is 504. The number of carbonyl (C=O) groups is 1. The average molecular weight is 319 g/mol. The molecule has 2 rings (SSSR count). The van der Waals surface area contributed by atoms with Crippen molar-refractivity contribution in [3.63, 3.8) is 0 Å². The molecular formula is C13H13BrF2O2. The van der Waals surface area contributed by atoms with Crippen LogP contribution in [0.15, 0.2) is 16.6 Å². The Balaban J connectivity index is 2.23. The first-order chi connectivity index (χ1) is 8.38. The molecule has 0 heterocycles. The lowest BCUT2D eigenvalue weighted by molar-refractivity contribution is -0.150. The Labute approximate surface area is 112 Å². The minimum Gasteiger partial charge on any atom is -0.486 e. The van der Waals surface area contributed by atoms with Gasteiger partial charge in [0.1, 0.15) is 11.9 Å². The van der Waals surface area contributed by atoms with E-state index in [4.69, 9.17) is 4.74 Å². The topological polar surface area (TPSA) is 26.3 Å². The Kier molecular flexibility index (Phi) is 3.45. The third kappa shape index (κ3) is 2.05. The summed E-state index contributed by atoms with van der Waals surface area (Å²) in [7, 11) is 0. The van der Waals surface area contributed by atoms with Crippen molar-refractivity contribution in [1.29, 1.82) is 0 Å². The molecule has 18 heavy (non-hydrogen) atoms. The minimum absolute atomic E-state index is 0.103. The number of hydrogen-bond donors (Lipinski definition) is 0. The fourth-order valence-electron chi connectivity index (χ4n) is 2.04. The van der Waals surface area contributed by atoms with Crippen molar-refractivity contribution in [2.24, 2.45) is 5.41 Å². The van der Waals surface area contributed by atoms with Crippen LogP contribution in [0.5, 0.6) is 5.75 Å². The molecule has 0 saturated heterocycles. The van der Waals surface area contributed by atoms with Gasteiger partial charge < -0.3 is 4.74 Å². The quantitative estimate of drug-likeness (QED) is 0.791. The highest BCUT2D eigenvalue weighted by atomic mass is 79.9. The van der Waals surface area contributed by atoms with E-state index in [1.165, 1.54) is 6.07 Å². The Morgan fingerprint density at radius 1 is 1.50 bits per heavy atom. The summed E-state index contributed by atoms with van der Waals surface area (Å²) in [5.74, 6) is -2.04. The van der Waals surface area contributed by atoms with Crippen molar-refractivity contribution in [3.8, 4) is 5.75 Å². The fourth-order valence-corrected chi connectivity index (χ4v) is 2.45. The van der Waals surface area contributed by atoms with Crippen LogP contribution in [0.3, 0.4) is 0 Å². The zero-order chi connectivity index (χ0) is 13.5. The van der Waals surface area contributed by atoms with E-state index in [2.05, 4.69) is 15.9 Å². The molecule has 98 valence electrons. The van der Waals surface area contributed by atoms with Crippen LogP contribution in [0.25, 0.3) is 0 Å². The summed E-state index contributed by atoms with van der Waals surface area (Å²) < 4.78 is 32.6. The third-order valence-electron chi connectivity index (χ3n) is 3.68. The SMILES string of the molecule is CCC1(C)C(=O)CC1Oc1cc(Br)cc(F)c1F. The van der Waals surface area contributed by atoms with E-state index in [1.807, 2.05) is 6.92 Å². The lowest BCUT2D eigenvalue weighted by Crippen LogP contribution is -2.54. The van der Waals surface area contributed by atoms with Crippen LogP contribution in [0.2, 0.25) is 0 Å². The van der Waals surface area contributed by atoms with Gasteiger partial charge in [-0.05, 0) is 25.5 Å². The molecule has 2 nitrogen and oxygen atoms in total. The smallest absolute Gasteiger partial charge is 0.200 e. The summed E-state index contributed by atoms with van der Waals surface area (Å²) >= 11 is 3.08. The monoisotopic (exact) mass is 318 g/mol. The molecule has 0 aromatic heterocycles. The van der Waals surface area contributed by atoms with Gasteiger partial charge in [0.25, 0.3) is 0 Å². The normalized spacial score (nSPS) is 26.9. The second kappa shape index (κ2) is 4.61. The van der Waals surface area contributed by atoms with Crippen molar-refractivity contribution in [2.45, 2.75) is 32.8 Å². The molecule has 2 atom stereocenters. The third-order valence-corrected chi connectivity index (χ3v) is 4.14. The highest BCUT2D eigenvalue weighted by molar-refractivity contribution is 9.10. The maximum Gasteiger partial charge on any atom is 0.200 e. The molecule has 2 unspecified atom stereocenters. The molecule has 1 fully saturated rings. The van der Waals surface area contributed by atoms with Crippen molar-refractivity contribution in [3.05, 3.63) is 28.2 Å². The first kappa shape index (κ1) is 13.5. The predicted molar refractivity (Wildman–Crippen MR) is 66.5 cm³/mol. The second-order valence-corrected chi connectivity index (χ2v) is 5.62. The van der Waals surface area contributed by atoms with Gasteiger partial charge >= 0.3 is 0 Å². The Morgan fingerprint density at radius 2 is 2.17 bits per heavy atom. The van der Waals surface area contributed by atoms with Crippen LogP contribution >= 0.6 is 15.9 Å². The molecule has 0 spiro atoms. The van der Waals surface area contributed by atoms with Gasteiger partial charge in [-0.25, -0.2) is 4.39 Å². The standard InChI is InChI=1S/C13H13BrF2O2/c1-3-13(2)10(17)6-11(13)18-9-5-7(14)4-8(15)12(9)16/h4-5,11H,3,6H2,1-2H3. The van der Waals surface area contributed by atoms with Gasteiger partial charge in [-0.15, -0.1) is 0 Å². The van der Waals surface area contributed by atoms with Crippen LogP contribution in [0, 0.1) is 17.0 Å². The lowest BCUT2D eigenvalue weighted by Gasteiger charge is -2.44. The van der Waals surface area contributed by atoms with Crippen LogP contribution < -0.4 is 4.74 Å². The van der Waals surface area contributed by atoms with Gasteiger partial charge in [-0.3, -0.25) is 4.79 Å². The second-order valence-electron chi connectivity index (χ2n) is 4.70. The average Bonchev–Trinajstić information content (AvgIpc) is 2.33. The van der Waals surface area contributed by atoms with E-state index >= 15 is 0 Å². The van der Waals surface area contributed by atoms with Crippen molar-refractivity contribution >= 4 is 21.7 Å². The number of benzene rings is 1. The molecule has 0 aliphatic heterocycles. The molecule has 1 saturated carbocycles. The van der Waals surface area contributed by atoms with Crippen molar-refractivity contribution < 1.29 is 18.3 Å². The van der Waals surface area contributed by atoms with E-state index in [0.29, 0.717) is 10.9 Å². The van der Waals surface area contributed by atoms with Gasteiger partial charge in [0.15, 0.2) is 11.6 Å². The molecule has 1 aliphatic rings. The summed E-state index contributed by atoms with van der Waals surface area (Å²) in [6, 6.07) is 2.41. The first-order valence-electron chi connectivity index (χ1n) is 5.73. The Hall–Kier alpha value is -0.970. The summed E-state index contributed by atoms with van der Waals surface area (Å²) in [5, 5.41) is 0. The van der Waals surface area contributed by atoms with Gasteiger partial charge in [-0.2, -0.15) is 4.39 Å². The number of ether oxygens (including phenoxy) is 1. The van der Waals surface area contributed by atoms with Crippen LogP contribution in [-0.2, 0) is 4.79 Å². The molecule has 0 amide bonds. The number of hydrogen-bond acceptors (Lipinski definition) is 2. The van der Waals surface area contributed by atoms with E-state index in [9.17, 15) is 13.6 Å². The van der Waals surface area contributed by atoms with Crippen LogP contribution in [-0.4, -0.2) is 11.9 Å². The van der Waals surface area contributed by atoms with Gasteiger partial charge in [0, 0.05) is 10.9 Å². The number of rotatable bonds is 3. The number of ketones is 1. The van der Waals surface area contributed by atoms with Crippen LogP contribution in [0.1, 0.15) is 26.7 Å². The molecule has 5 heteroatoms. The van der Waals surface area contributed by atoms with Gasteiger partial charge in [-0.1, -0.05) is 22.9 Å². The molecule has 0 N–H and O–H groups in total. The molecular weight excluding hydrogens is 306 g/mol. The summed E-state index contributed by atoms with van der Waals surface area (Å²) in [5.41, 5.74) is -0.592. The van der Waals surface area contributed by atoms with Gasteiger partial charge in [0.05, 0.1) is 5.41 Å². The van der Waals surface area contributed by atoms with Gasteiger partial charge in [0.2, 0.25) is 5.82 Å².